The van der Waals surface area contributed by atoms with E-state index in [1.807, 2.05) is 35.0 Å². The molecule has 1 aliphatic carbocycles. The van der Waals surface area contributed by atoms with Crippen LogP contribution in [0, 0.1) is 0 Å². The van der Waals surface area contributed by atoms with E-state index >= 15 is 0 Å². The van der Waals surface area contributed by atoms with Gasteiger partial charge in [0.15, 0.2) is 0 Å². The summed E-state index contributed by atoms with van der Waals surface area (Å²) in [5, 5.41) is 22.5. The molecule has 0 bridgehead atoms. The van der Waals surface area contributed by atoms with E-state index in [1.165, 1.54) is 6.33 Å². The highest BCUT2D eigenvalue weighted by molar-refractivity contribution is 6.30. The summed E-state index contributed by atoms with van der Waals surface area (Å²) in [6, 6.07) is 8.93. The summed E-state index contributed by atoms with van der Waals surface area (Å²) >= 11 is 6.06. The van der Waals surface area contributed by atoms with Gasteiger partial charge in [0, 0.05) is 17.1 Å². The predicted octanol–water partition coefficient (Wildman–Crippen LogP) is 2.12. The van der Waals surface area contributed by atoms with Crippen molar-refractivity contribution in [3.05, 3.63) is 53.4 Å². The Kier molecular flexibility index (Phi) is 3.68. The number of rotatable bonds is 2. The summed E-state index contributed by atoms with van der Waals surface area (Å²) in [5.41, 5.74) is 7.45. The molecule has 6 nitrogen and oxygen atoms in total. The molecule has 1 saturated carbocycles. The van der Waals surface area contributed by atoms with Crippen LogP contribution in [0.2, 0.25) is 5.02 Å². The van der Waals surface area contributed by atoms with Crippen molar-refractivity contribution >= 4 is 28.5 Å². The lowest BCUT2D eigenvalue weighted by Gasteiger charge is -2.19. The summed E-state index contributed by atoms with van der Waals surface area (Å²) in [6.07, 6.45) is 2.04. The largest absolute Gasteiger partial charge is 0.390 e. The highest BCUT2D eigenvalue weighted by Crippen LogP contribution is 2.43. The normalized spacial score (nSPS) is 27.0. The fraction of sp³-hybridized carbons (Fsp3) is 0.294. The Morgan fingerprint density at radius 3 is 2.79 bits per heavy atom. The van der Waals surface area contributed by atoms with E-state index in [0.717, 1.165) is 10.9 Å². The Bertz CT molecular complexity index is 897. The molecule has 0 radical (unpaired) electrons. The van der Waals surface area contributed by atoms with Crippen molar-refractivity contribution in [2.24, 2.45) is 0 Å². The van der Waals surface area contributed by atoms with E-state index in [1.54, 1.807) is 6.07 Å². The first kappa shape index (κ1) is 15.4. The van der Waals surface area contributed by atoms with Crippen molar-refractivity contribution in [1.82, 2.24) is 14.5 Å². The molecule has 4 atom stereocenters. The zero-order valence-corrected chi connectivity index (χ0v) is 13.5. The first-order valence-electron chi connectivity index (χ1n) is 7.75. The van der Waals surface area contributed by atoms with Crippen LogP contribution in [-0.2, 0) is 0 Å². The molecule has 4 N–H and O–H groups in total. The third-order valence-corrected chi connectivity index (χ3v) is 5.06. The molecular weight excluding hydrogens is 328 g/mol. The molecule has 3 aromatic rings. The van der Waals surface area contributed by atoms with E-state index in [0.29, 0.717) is 22.9 Å². The first-order valence-corrected chi connectivity index (χ1v) is 8.12. The minimum absolute atomic E-state index is 0.194. The van der Waals surface area contributed by atoms with Gasteiger partial charge in [0.2, 0.25) is 0 Å². The topological polar surface area (TPSA) is 97.2 Å². The van der Waals surface area contributed by atoms with E-state index in [-0.39, 0.29) is 12.0 Å². The van der Waals surface area contributed by atoms with Crippen LogP contribution in [0.15, 0.2) is 42.9 Å². The Morgan fingerprint density at radius 1 is 1.17 bits per heavy atom. The first-order chi connectivity index (χ1) is 11.6. The van der Waals surface area contributed by atoms with Gasteiger partial charge in [-0.15, -0.1) is 0 Å². The molecule has 124 valence electrons. The third kappa shape index (κ3) is 2.34. The van der Waals surface area contributed by atoms with Crippen LogP contribution in [0.3, 0.4) is 0 Å². The zero-order valence-electron chi connectivity index (χ0n) is 12.7. The van der Waals surface area contributed by atoms with Crippen molar-refractivity contribution in [3.63, 3.8) is 0 Å². The number of anilines is 1. The molecule has 2 heterocycles. The molecule has 0 saturated heterocycles. The number of fused-ring (bicyclic) bond motifs is 1. The smallest absolute Gasteiger partial charge is 0.145 e. The summed E-state index contributed by atoms with van der Waals surface area (Å²) < 4.78 is 1.87. The van der Waals surface area contributed by atoms with Crippen LogP contribution < -0.4 is 5.73 Å². The average Bonchev–Trinajstić information content (AvgIpc) is 3.11. The predicted molar refractivity (Wildman–Crippen MR) is 91.8 cm³/mol. The highest BCUT2D eigenvalue weighted by atomic mass is 35.5. The number of aromatic nitrogens is 3. The van der Waals surface area contributed by atoms with Gasteiger partial charge in [-0.2, -0.15) is 0 Å². The maximum atomic E-state index is 10.6. The molecule has 1 fully saturated rings. The van der Waals surface area contributed by atoms with Gasteiger partial charge in [-0.25, -0.2) is 9.97 Å². The van der Waals surface area contributed by atoms with Crippen LogP contribution in [0.1, 0.15) is 23.9 Å². The zero-order chi connectivity index (χ0) is 16.8. The number of benzene rings is 1. The van der Waals surface area contributed by atoms with Gasteiger partial charge < -0.3 is 20.5 Å². The molecular formula is C17H17ClN4O2. The minimum atomic E-state index is -0.902. The molecule has 0 aliphatic heterocycles. The molecule has 0 amide bonds. The van der Waals surface area contributed by atoms with Crippen LogP contribution in [0.5, 0.6) is 0 Å². The van der Waals surface area contributed by atoms with E-state index < -0.39 is 12.2 Å². The standard InChI is InChI=1S/C17H17ClN4O2/c18-10-3-1-2-9(6-10)12-7-13(15(24)14(12)23)22-5-4-11-16(19)20-8-21-17(11)22/h1-6,8,12-15,23-24H,7H2,(H2,19,20,21)/t12-,13-,14-,15+/m1/s1. The molecule has 4 rings (SSSR count). The lowest BCUT2D eigenvalue weighted by Crippen LogP contribution is -2.28. The minimum Gasteiger partial charge on any atom is -0.390 e. The van der Waals surface area contributed by atoms with Crippen LogP contribution in [0.25, 0.3) is 11.0 Å². The van der Waals surface area contributed by atoms with E-state index in [2.05, 4.69) is 9.97 Å². The van der Waals surface area contributed by atoms with Gasteiger partial charge in [-0.1, -0.05) is 23.7 Å². The lowest BCUT2D eigenvalue weighted by atomic mass is 9.95. The number of nitrogens with two attached hydrogens (primary N) is 1. The number of halogens is 1. The summed E-state index contributed by atoms with van der Waals surface area (Å²) in [7, 11) is 0. The lowest BCUT2D eigenvalue weighted by molar-refractivity contribution is 0.0179. The van der Waals surface area contributed by atoms with Gasteiger partial charge in [-0.3, -0.25) is 0 Å². The number of nitrogen functional groups attached to an aromatic ring is 1. The molecule has 1 aliphatic rings. The number of aliphatic hydroxyl groups excluding tert-OH is 2. The van der Waals surface area contributed by atoms with Crippen LogP contribution in [-0.4, -0.2) is 37.0 Å². The van der Waals surface area contributed by atoms with Crippen molar-refractivity contribution < 1.29 is 10.2 Å². The Morgan fingerprint density at radius 2 is 2.00 bits per heavy atom. The van der Waals surface area contributed by atoms with Crippen molar-refractivity contribution in [3.8, 4) is 0 Å². The van der Waals surface area contributed by atoms with Gasteiger partial charge in [-0.05, 0) is 30.2 Å². The average molecular weight is 345 g/mol. The maximum Gasteiger partial charge on any atom is 0.145 e. The fourth-order valence-electron chi connectivity index (χ4n) is 3.61. The Balaban J connectivity index is 1.73. The molecule has 2 aromatic heterocycles. The second-order valence-electron chi connectivity index (χ2n) is 6.16. The van der Waals surface area contributed by atoms with Gasteiger partial charge >= 0.3 is 0 Å². The number of nitrogens with zero attached hydrogens (tertiary/aromatic N) is 3. The van der Waals surface area contributed by atoms with Crippen molar-refractivity contribution in [2.45, 2.75) is 30.6 Å². The molecule has 0 spiro atoms. The monoisotopic (exact) mass is 344 g/mol. The van der Waals surface area contributed by atoms with E-state index in [9.17, 15) is 10.2 Å². The molecule has 1 aromatic carbocycles. The highest BCUT2D eigenvalue weighted by Gasteiger charge is 2.43. The Labute approximate surface area is 143 Å². The number of aliphatic hydroxyl groups is 2. The van der Waals surface area contributed by atoms with E-state index in [4.69, 9.17) is 17.3 Å². The Hall–Kier alpha value is -2.15. The number of hydrogen-bond acceptors (Lipinski definition) is 5. The fourth-order valence-corrected chi connectivity index (χ4v) is 3.81. The van der Waals surface area contributed by atoms with Crippen molar-refractivity contribution in [2.75, 3.05) is 5.73 Å². The van der Waals surface area contributed by atoms with Crippen LogP contribution >= 0.6 is 11.6 Å². The second kappa shape index (κ2) is 5.73. The summed E-state index contributed by atoms with van der Waals surface area (Å²) in [5.74, 6) is 0.207. The third-order valence-electron chi connectivity index (χ3n) is 4.83. The molecule has 0 unspecified atom stereocenters. The summed E-state index contributed by atoms with van der Waals surface area (Å²) in [4.78, 5) is 8.26. The molecule has 24 heavy (non-hydrogen) atoms. The molecule has 7 heteroatoms. The van der Waals surface area contributed by atoms with Gasteiger partial charge in [0.05, 0.1) is 17.5 Å². The SMILES string of the molecule is Nc1ncnc2c1ccn2[C@@H]1C[C@H](c2cccc(Cl)c2)[C@@H](O)[C@H]1O. The number of hydrogen-bond donors (Lipinski definition) is 3. The van der Waals surface area contributed by atoms with Gasteiger partial charge in [0.1, 0.15) is 23.9 Å². The summed E-state index contributed by atoms with van der Waals surface area (Å²) in [6.45, 7) is 0. The van der Waals surface area contributed by atoms with Crippen molar-refractivity contribution in [1.29, 1.82) is 0 Å². The second-order valence-corrected chi connectivity index (χ2v) is 6.60. The quantitative estimate of drug-likeness (QED) is 0.661. The van der Waals surface area contributed by atoms with Crippen LogP contribution in [0.4, 0.5) is 5.82 Å². The maximum absolute atomic E-state index is 10.6. The van der Waals surface area contributed by atoms with Gasteiger partial charge in [0.25, 0.3) is 0 Å².